The number of hydrogen-bond acceptors (Lipinski definition) is 2. The van der Waals surface area contributed by atoms with Gasteiger partial charge in [-0.3, -0.25) is 0 Å². The van der Waals surface area contributed by atoms with Crippen molar-refractivity contribution in [1.82, 2.24) is 0 Å². The second kappa shape index (κ2) is 1.97. The Bertz CT molecular complexity index is 471. The molecule has 2 unspecified atom stereocenters. The maximum Gasteiger partial charge on any atom is 0.139 e. The minimum Gasteiger partial charge on any atom is -0.391 e. The molecule has 15 heavy (non-hydrogen) atoms. The smallest absolute Gasteiger partial charge is 0.139 e. The molecule has 0 aromatic heterocycles. The van der Waals surface area contributed by atoms with Crippen molar-refractivity contribution in [3.63, 3.8) is 0 Å². The highest BCUT2D eigenvalue weighted by atomic mass is 16.6. The van der Waals surface area contributed by atoms with Crippen LogP contribution in [0.25, 0.3) is 0 Å². The summed E-state index contributed by atoms with van der Waals surface area (Å²) in [6.07, 6.45) is 0.445. The molecule has 1 aromatic carbocycles. The Balaban J connectivity index is 1.60. The van der Waals surface area contributed by atoms with Crippen molar-refractivity contribution in [3.05, 3.63) is 35.9 Å². The lowest BCUT2D eigenvalue weighted by Gasteiger charge is -2.08. The van der Waals surface area contributed by atoms with E-state index in [0.717, 1.165) is 23.7 Å². The highest BCUT2D eigenvalue weighted by Crippen LogP contribution is 2.85. The number of rotatable bonds is 1. The fraction of sp³-hybridized carbons (Fsp3) is 0.462. The van der Waals surface area contributed by atoms with Gasteiger partial charge in [0.05, 0.1) is 5.71 Å². The van der Waals surface area contributed by atoms with Crippen LogP contribution in [-0.4, -0.2) is 11.8 Å². The van der Waals surface area contributed by atoms with Gasteiger partial charge >= 0.3 is 0 Å². The van der Waals surface area contributed by atoms with Gasteiger partial charge in [0.2, 0.25) is 0 Å². The number of oxime groups is 1. The zero-order valence-corrected chi connectivity index (χ0v) is 8.21. The lowest BCUT2D eigenvalue weighted by Crippen LogP contribution is -2.19. The van der Waals surface area contributed by atoms with Crippen molar-refractivity contribution in [3.8, 4) is 0 Å². The Morgan fingerprint density at radius 3 is 2.53 bits per heavy atom. The van der Waals surface area contributed by atoms with Crippen molar-refractivity contribution in [1.29, 1.82) is 0 Å². The largest absolute Gasteiger partial charge is 0.391 e. The maximum atomic E-state index is 5.61. The van der Waals surface area contributed by atoms with E-state index in [2.05, 4.69) is 35.5 Å². The molecule has 1 aliphatic heterocycles. The summed E-state index contributed by atoms with van der Waals surface area (Å²) in [6, 6.07) is 10.5. The third-order valence-corrected chi connectivity index (χ3v) is 4.75. The van der Waals surface area contributed by atoms with Gasteiger partial charge in [0, 0.05) is 11.8 Å². The first-order valence-corrected chi connectivity index (χ1v) is 5.76. The summed E-state index contributed by atoms with van der Waals surface area (Å²) < 4.78 is 0. The molecule has 2 bridgehead atoms. The standard InChI is InChI=1S/C13H11NO/c1-2-4-6(5-3-1)12-11-9-7-8(9)10(7)13(11)15-14-12/h1-5,7-11,13H/t7-,8+,9?,10?,11-,13+/m1/s1. The van der Waals surface area contributed by atoms with Crippen molar-refractivity contribution in [2.24, 2.45) is 34.7 Å². The van der Waals surface area contributed by atoms with E-state index in [1.165, 1.54) is 11.3 Å². The summed E-state index contributed by atoms with van der Waals surface area (Å²) in [6.45, 7) is 0. The van der Waals surface area contributed by atoms with Gasteiger partial charge < -0.3 is 4.84 Å². The van der Waals surface area contributed by atoms with Gasteiger partial charge in [0.15, 0.2) is 0 Å². The Hall–Kier alpha value is -1.31. The van der Waals surface area contributed by atoms with Crippen molar-refractivity contribution < 1.29 is 4.84 Å². The molecule has 5 aliphatic rings. The van der Waals surface area contributed by atoms with Gasteiger partial charge in [-0.1, -0.05) is 35.5 Å². The normalized spacial score (nSPS) is 51.6. The summed E-state index contributed by atoms with van der Waals surface area (Å²) in [5, 5.41) is 4.30. The van der Waals surface area contributed by atoms with E-state index < -0.39 is 0 Å². The summed E-state index contributed by atoms with van der Waals surface area (Å²) in [5.74, 6) is 4.49. The highest BCUT2D eigenvalue weighted by Gasteiger charge is 2.87. The molecule has 0 radical (unpaired) electrons. The van der Waals surface area contributed by atoms with Gasteiger partial charge in [0.25, 0.3) is 0 Å². The Labute approximate surface area is 87.9 Å². The van der Waals surface area contributed by atoms with Crippen LogP contribution in [0.2, 0.25) is 0 Å². The van der Waals surface area contributed by atoms with Crippen LogP contribution in [0.5, 0.6) is 0 Å². The Morgan fingerprint density at radius 2 is 1.73 bits per heavy atom. The molecule has 74 valence electrons. The summed E-state index contributed by atoms with van der Waals surface area (Å²) >= 11 is 0. The molecular weight excluding hydrogens is 186 g/mol. The fourth-order valence-corrected chi connectivity index (χ4v) is 4.02. The zero-order chi connectivity index (χ0) is 9.57. The second-order valence-electron chi connectivity index (χ2n) is 5.25. The molecule has 6 rings (SSSR count). The number of hydrogen-bond donors (Lipinski definition) is 0. The van der Waals surface area contributed by atoms with Crippen molar-refractivity contribution in [2.75, 3.05) is 0 Å². The second-order valence-corrected chi connectivity index (χ2v) is 5.25. The molecule has 2 heteroatoms. The number of nitrogens with zero attached hydrogens (tertiary/aromatic N) is 1. The molecule has 4 fully saturated rings. The molecule has 2 nitrogen and oxygen atoms in total. The number of benzene rings is 1. The minimum absolute atomic E-state index is 0.445. The molecule has 0 amide bonds. The van der Waals surface area contributed by atoms with Gasteiger partial charge in [-0.15, -0.1) is 0 Å². The first kappa shape index (κ1) is 7.04. The average molecular weight is 197 g/mol. The Morgan fingerprint density at radius 1 is 0.933 bits per heavy atom. The van der Waals surface area contributed by atoms with Crippen LogP contribution < -0.4 is 0 Å². The fourth-order valence-electron chi connectivity index (χ4n) is 4.02. The molecule has 4 saturated carbocycles. The lowest BCUT2D eigenvalue weighted by molar-refractivity contribution is 0.0652. The molecule has 0 spiro atoms. The van der Waals surface area contributed by atoms with Crippen LogP contribution in [0, 0.1) is 29.6 Å². The SMILES string of the molecule is c1ccc(C2=NO[C@H]3C4[C@@H]5C([C@H]45)[C@H]23)cc1. The van der Waals surface area contributed by atoms with Crippen LogP contribution in [-0.2, 0) is 4.84 Å². The summed E-state index contributed by atoms with van der Waals surface area (Å²) in [7, 11) is 0. The van der Waals surface area contributed by atoms with Crippen LogP contribution in [0.1, 0.15) is 5.56 Å². The topological polar surface area (TPSA) is 21.6 Å². The van der Waals surface area contributed by atoms with E-state index in [-0.39, 0.29) is 0 Å². The highest BCUT2D eigenvalue weighted by molar-refractivity contribution is 6.04. The quantitative estimate of drug-likeness (QED) is 0.674. The van der Waals surface area contributed by atoms with E-state index in [1.807, 2.05) is 0 Å². The van der Waals surface area contributed by atoms with E-state index in [9.17, 15) is 0 Å². The predicted molar refractivity (Wildman–Crippen MR) is 55.3 cm³/mol. The molecule has 0 saturated heterocycles. The molecule has 0 N–H and O–H groups in total. The van der Waals surface area contributed by atoms with E-state index >= 15 is 0 Å². The Kier molecular flexibility index (Phi) is 0.924. The van der Waals surface area contributed by atoms with Crippen LogP contribution in [0.15, 0.2) is 35.5 Å². The van der Waals surface area contributed by atoms with Gasteiger partial charge in [-0.25, -0.2) is 0 Å². The molecule has 4 aliphatic carbocycles. The van der Waals surface area contributed by atoms with Gasteiger partial charge in [-0.2, -0.15) is 0 Å². The van der Waals surface area contributed by atoms with Crippen molar-refractivity contribution in [2.45, 2.75) is 6.10 Å². The maximum absolute atomic E-state index is 5.61. The summed E-state index contributed by atoms with van der Waals surface area (Å²) in [4.78, 5) is 5.61. The molecule has 1 aromatic rings. The summed E-state index contributed by atoms with van der Waals surface area (Å²) in [5.41, 5.74) is 2.48. The zero-order valence-electron chi connectivity index (χ0n) is 8.21. The van der Waals surface area contributed by atoms with E-state index in [4.69, 9.17) is 4.84 Å². The molecular formula is C13H11NO. The van der Waals surface area contributed by atoms with Gasteiger partial charge in [0.1, 0.15) is 6.10 Å². The van der Waals surface area contributed by atoms with Crippen LogP contribution in [0.4, 0.5) is 0 Å². The van der Waals surface area contributed by atoms with Crippen LogP contribution >= 0.6 is 0 Å². The third-order valence-electron chi connectivity index (χ3n) is 4.75. The molecule has 6 atom stereocenters. The van der Waals surface area contributed by atoms with Crippen LogP contribution in [0.3, 0.4) is 0 Å². The van der Waals surface area contributed by atoms with E-state index in [0.29, 0.717) is 12.0 Å². The minimum atomic E-state index is 0.445. The molecule has 1 heterocycles. The third kappa shape index (κ3) is 0.638. The van der Waals surface area contributed by atoms with Gasteiger partial charge in [-0.05, 0) is 23.3 Å². The predicted octanol–water partition coefficient (Wildman–Crippen LogP) is 1.91. The first-order chi connectivity index (χ1) is 7.47. The van der Waals surface area contributed by atoms with Crippen molar-refractivity contribution >= 4 is 5.71 Å². The monoisotopic (exact) mass is 197 g/mol. The van der Waals surface area contributed by atoms with E-state index in [1.54, 1.807) is 0 Å². The average Bonchev–Trinajstić information content (AvgIpc) is 3.01. The first-order valence-electron chi connectivity index (χ1n) is 5.76. The lowest BCUT2D eigenvalue weighted by atomic mass is 9.94.